The third-order valence-corrected chi connectivity index (χ3v) is 1.72. The summed E-state index contributed by atoms with van der Waals surface area (Å²) in [6.07, 6.45) is 2.32. The maximum atomic E-state index is 12.9. The second-order valence-electron chi connectivity index (χ2n) is 2.89. The molecule has 0 amide bonds. The van der Waals surface area contributed by atoms with E-state index in [-0.39, 0.29) is 17.7 Å². The number of rotatable bonds is 3. The van der Waals surface area contributed by atoms with Crippen LogP contribution in [0.2, 0.25) is 0 Å². The monoisotopic (exact) mass is 213 g/mol. The number of carboxylic acids is 1. The van der Waals surface area contributed by atoms with Gasteiger partial charge in [0.05, 0.1) is 12.1 Å². The minimum atomic E-state index is -1.03. The average molecular weight is 213 g/mol. The standard InChI is InChI=1S/C10H9F2NO2/c11-7-4-6(2-1-3-9(14)15)10(13)8(12)5-7/h1-2,4-5H,3,13H2,(H,14,15). The van der Waals surface area contributed by atoms with E-state index in [1.165, 1.54) is 12.2 Å². The first-order chi connectivity index (χ1) is 7.00. The Morgan fingerprint density at radius 2 is 2.13 bits per heavy atom. The van der Waals surface area contributed by atoms with E-state index in [4.69, 9.17) is 10.8 Å². The van der Waals surface area contributed by atoms with Gasteiger partial charge in [-0.25, -0.2) is 8.78 Å². The fraction of sp³-hybridized carbons (Fsp3) is 0.100. The topological polar surface area (TPSA) is 63.3 Å². The smallest absolute Gasteiger partial charge is 0.307 e. The molecule has 0 aliphatic carbocycles. The molecule has 1 rings (SSSR count). The summed E-state index contributed by atoms with van der Waals surface area (Å²) in [5, 5.41) is 8.34. The van der Waals surface area contributed by atoms with Gasteiger partial charge in [0.1, 0.15) is 11.6 Å². The van der Waals surface area contributed by atoms with Crippen LogP contribution in [0.15, 0.2) is 18.2 Å². The van der Waals surface area contributed by atoms with Crippen molar-refractivity contribution in [2.24, 2.45) is 0 Å². The number of hydrogen-bond donors (Lipinski definition) is 2. The van der Waals surface area contributed by atoms with Gasteiger partial charge in [-0.1, -0.05) is 12.2 Å². The molecule has 3 nitrogen and oxygen atoms in total. The highest BCUT2D eigenvalue weighted by atomic mass is 19.1. The van der Waals surface area contributed by atoms with Crippen LogP contribution in [0.1, 0.15) is 12.0 Å². The number of nitrogen functional groups attached to an aromatic ring is 1. The van der Waals surface area contributed by atoms with Crippen LogP contribution in [0, 0.1) is 11.6 Å². The van der Waals surface area contributed by atoms with Gasteiger partial charge in [-0.05, 0) is 6.07 Å². The largest absolute Gasteiger partial charge is 0.481 e. The molecule has 0 saturated heterocycles. The van der Waals surface area contributed by atoms with Crippen molar-refractivity contribution >= 4 is 17.7 Å². The third-order valence-electron chi connectivity index (χ3n) is 1.72. The Bertz CT molecular complexity index is 416. The highest BCUT2D eigenvalue weighted by Crippen LogP contribution is 2.19. The quantitative estimate of drug-likeness (QED) is 0.755. The van der Waals surface area contributed by atoms with Gasteiger partial charge in [0.2, 0.25) is 0 Å². The maximum Gasteiger partial charge on any atom is 0.307 e. The van der Waals surface area contributed by atoms with Crippen LogP contribution < -0.4 is 5.73 Å². The molecular formula is C10H9F2NO2. The molecule has 0 aliphatic heterocycles. The molecule has 0 heterocycles. The Kier molecular flexibility index (Phi) is 3.38. The van der Waals surface area contributed by atoms with Crippen molar-refractivity contribution in [1.29, 1.82) is 0 Å². The van der Waals surface area contributed by atoms with Crippen LogP contribution in [0.3, 0.4) is 0 Å². The van der Waals surface area contributed by atoms with E-state index in [0.717, 1.165) is 6.07 Å². The van der Waals surface area contributed by atoms with Crippen LogP contribution in [0.5, 0.6) is 0 Å². The Morgan fingerprint density at radius 3 is 2.73 bits per heavy atom. The second kappa shape index (κ2) is 4.54. The molecule has 80 valence electrons. The molecule has 0 aliphatic rings. The zero-order valence-electron chi connectivity index (χ0n) is 7.71. The predicted octanol–water partition coefficient (Wildman–Crippen LogP) is 2.03. The fourth-order valence-electron chi connectivity index (χ4n) is 1.03. The second-order valence-corrected chi connectivity index (χ2v) is 2.89. The molecule has 5 heteroatoms. The van der Waals surface area contributed by atoms with E-state index in [2.05, 4.69) is 0 Å². The summed E-state index contributed by atoms with van der Waals surface area (Å²) < 4.78 is 25.7. The Labute approximate surface area is 84.8 Å². The lowest BCUT2D eigenvalue weighted by molar-refractivity contribution is -0.135. The van der Waals surface area contributed by atoms with Crippen LogP contribution in [-0.2, 0) is 4.79 Å². The normalized spacial score (nSPS) is 10.8. The highest BCUT2D eigenvalue weighted by Gasteiger charge is 2.05. The Morgan fingerprint density at radius 1 is 1.47 bits per heavy atom. The van der Waals surface area contributed by atoms with Crippen molar-refractivity contribution in [3.8, 4) is 0 Å². The molecule has 15 heavy (non-hydrogen) atoms. The number of carbonyl (C=O) groups is 1. The summed E-state index contributed by atoms with van der Waals surface area (Å²) in [7, 11) is 0. The number of nitrogens with two attached hydrogens (primary N) is 1. The van der Waals surface area contributed by atoms with Crippen molar-refractivity contribution in [2.75, 3.05) is 5.73 Å². The molecule has 0 unspecified atom stereocenters. The molecule has 0 fully saturated rings. The van der Waals surface area contributed by atoms with Crippen LogP contribution >= 0.6 is 0 Å². The molecule has 1 aromatic carbocycles. The summed E-state index contributed by atoms with van der Waals surface area (Å²) in [6, 6.07) is 1.71. The van der Waals surface area contributed by atoms with Crippen molar-refractivity contribution in [2.45, 2.75) is 6.42 Å². The summed E-state index contributed by atoms with van der Waals surface area (Å²) in [6.45, 7) is 0. The molecular weight excluding hydrogens is 204 g/mol. The summed E-state index contributed by atoms with van der Waals surface area (Å²) >= 11 is 0. The van der Waals surface area contributed by atoms with Crippen molar-refractivity contribution < 1.29 is 18.7 Å². The van der Waals surface area contributed by atoms with E-state index in [1.807, 2.05) is 0 Å². The number of carboxylic acid groups (broad SMARTS) is 1. The lowest BCUT2D eigenvalue weighted by atomic mass is 10.1. The van der Waals surface area contributed by atoms with Gasteiger partial charge < -0.3 is 10.8 Å². The van der Waals surface area contributed by atoms with Gasteiger partial charge >= 0.3 is 5.97 Å². The van der Waals surface area contributed by atoms with Crippen LogP contribution in [-0.4, -0.2) is 11.1 Å². The number of aliphatic carboxylic acids is 1. The van der Waals surface area contributed by atoms with E-state index in [0.29, 0.717) is 6.07 Å². The lowest BCUT2D eigenvalue weighted by Gasteiger charge is -2.01. The zero-order valence-corrected chi connectivity index (χ0v) is 7.71. The summed E-state index contributed by atoms with van der Waals surface area (Å²) in [4.78, 5) is 10.2. The van der Waals surface area contributed by atoms with E-state index in [9.17, 15) is 13.6 Å². The minimum Gasteiger partial charge on any atom is -0.481 e. The lowest BCUT2D eigenvalue weighted by Crippen LogP contribution is -1.96. The Hall–Kier alpha value is -1.91. The number of benzene rings is 1. The molecule has 0 saturated carbocycles. The molecule has 0 atom stereocenters. The van der Waals surface area contributed by atoms with E-state index < -0.39 is 17.6 Å². The SMILES string of the molecule is Nc1c(F)cc(F)cc1C=CCC(=O)O. The zero-order chi connectivity index (χ0) is 11.4. The molecule has 0 spiro atoms. The highest BCUT2D eigenvalue weighted by molar-refractivity contribution is 5.72. The molecule has 3 N–H and O–H groups in total. The van der Waals surface area contributed by atoms with Crippen molar-refractivity contribution in [3.05, 3.63) is 35.4 Å². The van der Waals surface area contributed by atoms with Crippen molar-refractivity contribution in [1.82, 2.24) is 0 Å². The van der Waals surface area contributed by atoms with Gasteiger partial charge in [0.15, 0.2) is 0 Å². The van der Waals surface area contributed by atoms with Crippen LogP contribution in [0.4, 0.5) is 14.5 Å². The summed E-state index contributed by atoms with van der Waals surface area (Å²) in [5.41, 5.74) is 5.26. The number of halogens is 2. The van der Waals surface area contributed by atoms with Gasteiger partial charge in [-0.2, -0.15) is 0 Å². The van der Waals surface area contributed by atoms with E-state index >= 15 is 0 Å². The molecule has 0 aromatic heterocycles. The Balaban J connectivity index is 2.94. The summed E-state index contributed by atoms with van der Waals surface area (Å²) in [5.74, 6) is -2.64. The van der Waals surface area contributed by atoms with Gasteiger partial charge in [0.25, 0.3) is 0 Å². The average Bonchev–Trinajstić information content (AvgIpc) is 2.12. The number of hydrogen-bond acceptors (Lipinski definition) is 2. The predicted molar refractivity (Wildman–Crippen MR) is 52.1 cm³/mol. The number of anilines is 1. The maximum absolute atomic E-state index is 12.9. The first-order valence-corrected chi connectivity index (χ1v) is 4.13. The minimum absolute atomic E-state index is 0.133. The molecule has 0 bridgehead atoms. The molecule has 0 radical (unpaired) electrons. The van der Waals surface area contributed by atoms with Crippen molar-refractivity contribution in [3.63, 3.8) is 0 Å². The van der Waals surface area contributed by atoms with Crippen LogP contribution in [0.25, 0.3) is 6.08 Å². The third kappa shape index (κ3) is 3.05. The van der Waals surface area contributed by atoms with Gasteiger partial charge in [-0.3, -0.25) is 4.79 Å². The van der Waals surface area contributed by atoms with Gasteiger partial charge in [-0.15, -0.1) is 0 Å². The van der Waals surface area contributed by atoms with E-state index in [1.54, 1.807) is 0 Å². The molecule has 1 aromatic rings. The first-order valence-electron chi connectivity index (χ1n) is 4.13. The fourth-order valence-corrected chi connectivity index (χ4v) is 1.03. The first kappa shape index (κ1) is 11.2. The van der Waals surface area contributed by atoms with Gasteiger partial charge in [0, 0.05) is 11.6 Å².